The molecule has 0 aromatic carbocycles. The third-order valence-corrected chi connectivity index (χ3v) is 1.71. The molecule has 3 nitrogen and oxygen atoms in total. The van der Waals surface area contributed by atoms with Gasteiger partial charge in [0, 0.05) is 6.42 Å². The first-order chi connectivity index (χ1) is 5.72. The fraction of sp³-hybridized carbons (Fsp3) is 0.889. The minimum atomic E-state index is -0.260. The van der Waals surface area contributed by atoms with E-state index < -0.39 is 0 Å². The van der Waals surface area contributed by atoms with Gasteiger partial charge in [0.1, 0.15) is 6.10 Å². The summed E-state index contributed by atoms with van der Waals surface area (Å²) in [5.41, 5.74) is 0. The van der Waals surface area contributed by atoms with Gasteiger partial charge in [-0.25, -0.2) is 0 Å². The van der Waals surface area contributed by atoms with Crippen molar-refractivity contribution in [2.45, 2.75) is 39.2 Å². The Labute approximate surface area is 74.5 Å². The molecule has 1 unspecified atom stereocenters. The Kier molecular flexibility index (Phi) is 7.00. The standard InChI is InChI=1S/C9H19NO2/c1-4-5-6-9(11)8(2)12-7-10-3/h8,10H,4-7H2,1-3H3. The molecule has 12 heavy (non-hydrogen) atoms. The lowest BCUT2D eigenvalue weighted by atomic mass is 10.1. The number of rotatable bonds is 7. The molecule has 0 radical (unpaired) electrons. The highest BCUT2D eigenvalue weighted by atomic mass is 16.5. The van der Waals surface area contributed by atoms with E-state index in [4.69, 9.17) is 4.74 Å². The van der Waals surface area contributed by atoms with Gasteiger partial charge in [-0.1, -0.05) is 13.3 Å². The molecular weight excluding hydrogens is 154 g/mol. The van der Waals surface area contributed by atoms with Crippen molar-refractivity contribution in [1.82, 2.24) is 5.32 Å². The fourth-order valence-electron chi connectivity index (χ4n) is 0.856. The van der Waals surface area contributed by atoms with Crippen LogP contribution in [0.25, 0.3) is 0 Å². The van der Waals surface area contributed by atoms with Crippen LogP contribution in [0, 0.1) is 0 Å². The molecule has 0 rings (SSSR count). The van der Waals surface area contributed by atoms with Gasteiger partial charge in [-0.2, -0.15) is 0 Å². The number of carbonyl (C=O) groups is 1. The van der Waals surface area contributed by atoms with Gasteiger partial charge in [0.25, 0.3) is 0 Å². The molecule has 3 heteroatoms. The van der Waals surface area contributed by atoms with Crippen LogP contribution in [-0.2, 0) is 9.53 Å². The van der Waals surface area contributed by atoms with Crippen molar-refractivity contribution in [1.29, 1.82) is 0 Å². The van der Waals surface area contributed by atoms with Crippen molar-refractivity contribution in [2.24, 2.45) is 0 Å². The van der Waals surface area contributed by atoms with E-state index in [0.717, 1.165) is 12.8 Å². The third-order valence-electron chi connectivity index (χ3n) is 1.71. The summed E-state index contributed by atoms with van der Waals surface area (Å²) in [6.45, 7) is 4.32. The molecule has 1 N–H and O–H groups in total. The predicted molar refractivity (Wildman–Crippen MR) is 49.0 cm³/mol. The van der Waals surface area contributed by atoms with Gasteiger partial charge in [0.15, 0.2) is 5.78 Å². The van der Waals surface area contributed by atoms with E-state index in [2.05, 4.69) is 12.2 Å². The first kappa shape index (κ1) is 11.6. The molecule has 0 aliphatic carbocycles. The minimum absolute atomic E-state index is 0.201. The molecule has 0 aromatic rings. The first-order valence-electron chi connectivity index (χ1n) is 4.51. The van der Waals surface area contributed by atoms with E-state index in [0.29, 0.717) is 13.2 Å². The molecule has 1 atom stereocenters. The molecule has 0 aliphatic heterocycles. The Hall–Kier alpha value is -0.410. The second kappa shape index (κ2) is 7.25. The van der Waals surface area contributed by atoms with Crippen LogP contribution in [-0.4, -0.2) is 25.7 Å². The second-order valence-electron chi connectivity index (χ2n) is 2.88. The summed E-state index contributed by atoms with van der Waals surface area (Å²) in [6.07, 6.45) is 2.40. The van der Waals surface area contributed by atoms with Gasteiger partial charge in [-0.3, -0.25) is 10.1 Å². The number of ether oxygens (including phenoxy) is 1. The monoisotopic (exact) mass is 173 g/mol. The summed E-state index contributed by atoms with van der Waals surface area (Å²) in [6, 6.07) is 0. The van der Waals surface area contributed by atoms with E-state index in [1.54, 1.807) is 14.0 Å². The number of hydrogen-bond acceptors (Lipinski definition) is 3. The van der Waals surface area contributed by atoms with Crippen molar-refractivity contribution in [3.63, 3.8) is 0 Å². The number of ketones is 1. The number of hydrogen-bond donors (Lipinski definition) is 1. The Morgan fingerprint density at radius 1 is 1.58 bits per heavy atom. The Balaban J connectivity index is 3.47. The predicted octanol–water partition coefficient (Wildman–Crippen LogP) is 1.33. The van der Waals surface area contributed by atoms with E-state index in [1.807, 2.05) is 0 Å². The highest BCUT2D eigenvalue weighted by Gasteiger charge is 2.11. The molecule has 0 bridgehead atoms. The van der Waals surface area contributed by atoms with Crippen molar-refractivity contribution in [3.05, 3.63) is 0 Å². The lowest BCUT2D eigenvalue weighted by Crippen LogP contribution is -2.25. The van der Waals surface area contributed by atoms with Crippen LogP contribution in [0.1, 0.15) is 33.1 Å². The van der Waals surface area contributed by atoms with Gasteiger partial charge in [-0.05, 0) is 20.4 Å². The third kappa shape index (κ3) is 5.27. The summed E-state index contributed by atoms with van der Waals surface area (Å²) < 4.78 is 5.19. The average molecular weight is 173 g/mol. The summed E-state index contributed by atoms with van der Waals surface area (Å²) in [7, 11) is 1.79. The molecule has 72 valence electrons. The summed E-state index contributed by atoms with van der Waals surface area (Å²) in [4.78, 5) is 11.3. The number of carbonyl (C=O) groups excluding carboxylic acids is 1. The number of Topliss-reactive ketones (excluding diaryl/α,β-unsaturated/α-hetero) is 1. The van der Waals surface area contributed by atoms with Crippen LogP contribution in [0.5, 0.6) is 0 Å². The Morgan fingerprint density at radius 3 is 2.75 bits per heavy atom. The maximum atomic E-state index is 11.3. The molecule has 0 spiro atoms. The fourth-order valence-corrected chi connectivity index (χ4v) is 0.856. The van der Waals surface area contributed by atoms with E-state index >= 15 is 0 Å². The highest BCUT2D eigenvalue weighted by molar-refractivity contribution is 5.82. The summed E-state index contributed by atoms with van der Waals surface area (Å²) >= 11 is 0. The SMILES string of the molecule is CCCCC(=O)C(C)OCNC. The number of unbranched alkanes of at least 4 members (excludes halogenated alkanes) is 1. The van der Waals surface area contributed by atoms with Crippen molar-refractivity contribution in [2.75, 3.05) is 13.8 Å². The van der Waals surface area contributed by atoms with Gasteiger partial charge in [0.2, 0.25) is 0 Å². The normalized spacial score (nSPS) is 12.9. The molecular formula is C9H19NO2. The molecule has 0 saturated carbocycles. The molecule has 0 aliphatic rings. The van der Waals surface area contributed by atoms with Gasteiger partial charge in [-0.15, -0.1) is 0 Å². The van der Waals surface area contributed by atoms with Gasteiger partial charge in [0.05, 0.1) is 6.73 Å². The maximum Gasteiger partial charge on any atom is 0.161 e. The molecule has 0 fully saturated rings. The maximum absolute atomic E-state index is 11.3. The van der Waals surface area contributed by atoms with Crippen LogP contribution in [0.2, 0.25) is 0 Å². The second-order valence-corrected chi connectivity index (χ2v) is 2.88. The summed E-state index contributed by atoms with van der Waals surface area (Å²) in [5, 5.41) is 2.84. The van der Waals surface area contributed by atoms with E-state index in [1.165, 1.54) is 0 Å². The van der Waals surface area contributed by atoms with E-state index in [9.17, 15) is 4.79 Å². The van der Waals surface area contributed by atoms with Crippen molar-refractivity contribution in [3.8, 4) is 0 Å². The highest BCUT2D eigenvalue weighted by Crippen LogP contribution is 2.01. The van der Waals surface area contributed by atoms with Crippen LogP contribution >= 0.6 is 0 Å². The van der Waals surface area contributed by atoms with Crippen LogP contribution in [0.4, 0.5) is 0 Å². The lowest BCUT2D eigenvalue weighted by molar-refractivity contribution is -0.129. The van der Waals surface area contributed by atoms with Crippen molar-refractivity contribution >= 4 is 5.78 Å². The zero-order chi connectivity index (χ0) is 9.40. The van der Waals surface area contributed by atoms with Gasteiger partial charge >= 0.3 is 0 Å². The van der Waals surface area contributed by atoms with Crippen LogP contribution < -0.4 is 5.32 Å². The molecule has 0 saturated heterocycles. The van der Waals surface area contributed by atoms with E-state index in [-0.39, 0.29) is 11.9 Å². The molecule has 0 heterocycles. The zero-order valence-corrected chi connectivity index (χ0v) is 8.22. The number of nitrogens with one attached hydrogen (secondary N) is 1. The minimum Gasteiger partial charge on any atom is -0.356 e. The smallest absolute Gasteiger partial charge is 0.161 e. The molecule has 0 amide bonds. The van der Waals surface area contributed by atoms with Crippen LogP contribution in [0.15, 0.2) is 0 Å². The average Bonchev–Trinajstić information content (AvgIpc) is 2.10. The lowest BCUT2D eigenvalue weighted by Gasteiger charge is -2.10. The van der Waals surface area contributed by atoms with Gasteiger partial charge < -0.3 is 4.74 Å². The summed E-state index contributed by atoms with van der Waals surface area (Å²) in [5.74, 6) is 0.201. The zero-order valence-electron chi connectivity index (χ0n) is 8.22. The Morgan fingerprint density at radius 2 is 2.25 bits per heavy atom. The van der Waals surface area contributed by atoms with Crippen LogP contribution in [0.3, 0.4) is 0 Å². The first-order valence-corrected chi connectivity index (χ1v) is 4.51. The van der Waals surface area contributed by atoms with Crippen molar-refractivity contribution < 1.29 is 9.53 Å². The topological polar surface area (TPSA) is 38.3 Å². The largest absolute Gasteiger partial charge is 0.356 e. The quantitative estimate of drug-likeness (QED) is 0.590. The molecule has 0 aromatic heterocycles. The Bertz CT molecular complexity index is 126.